The lowest BCUT2D eigenvalue weighted by atomic mass is 9.87. The first-order valence-electron chi connectivity index (χ1n) is 12.6. The number of hydrazine groups is 1. The van der Waals surface area contributed by atoms with Gasteiger partial charge in [-0.1, -0.05) is 51.1 Å². The Morgan fingerprint density at radius 2 is 1.49 bits per heavy atom. The van der Waals surface area contributed by atoms with Gasteiger partial charge in [0.2, 0.25) is 5.91 Å². The normalized spacial score (nSPS) is 15.0. The highest BCUT2D eigenvalue weighted by Crippen LogP contribution is 2.30. The van der Waals surface area contributed by atoms with E-state index >= 15 is 0 Å². The predicted molar refractivity (Wildman–Crippen MR) is 145 cm³/mol. The van der Waals surface area contributed by atoms with E-state index in [9.17, 15) is 19.2 Å². The average molecular weight is 530 g/mol. The summed E-state index contributed by atoms with van der Waals surface area (Å²) in [5, 5.41) is 0. The molecule has 3 amide bonds. The van der Waals surface area contributed by atoms with Crippen LogP contribution in [0.2, 0.25) is 0 Å². The maximum absolute atomic E-state index is 12.6. The van der Waals surface area contributed by atoms with Crippen LogP contribution in [0.1, 0.15) is 43.1 Å². The number of esters is 1. The van der Waals surface area contributed by atoms with Gasteiger partial charge in [0.1, 0.15) is 11.5 Å². The molecule has 0 radical (unpaired) electrons. The summed E-state index contributed by atoms with van der Waals surface area (Å²) in [6.45, 7) is 6.01. The molecule has 4 rings (SSSR count). The zero-order valence-electron chi connectivity index (χ0n) is 22.1. The Morgan fingerprint density at radius 3 is 2.10 bits per heavy atom. The quantitative estimate of drug-likeness (QED) is 0.351. The van der Waals surface area contributed by atoms with Gasteiger partial charge < -0.3 is 14.4 Å². The minimum Gasteiger partial charge on any atom is -0.457 e. The molecule has 1 saturated heterocycles. The Hall–Kier alpha value is -4.66. The molecule has 0 aliphatic carbocycles. The highest BCUT2D eigenvalue weighted by molar-refractivity contribution is 6.00. The molecule has 3 aromatic rings. The fraction of sp³-hybridized carbons (Fsp3) is 0.267. The number of nitrogens with zero attached hydrogens (tertiary/aromatic N) is 1. The summed E-state index contributed by atoms with van der Waals surface area (Å²) in [4.78, 5) is 50.5. The molecule has 1 atom stereocenters. The van der Waals surface area contributed by atoms with Crippen LogP contribution < -0.4 is 20.5 Å². The van der Waals surface area contributed by atoms with E-state index in [0.717, 1.165) is 0 Å². The summed E-state index contributed by atoms with van der Waals surface area (Å²) in [5.74, 6) is -1.45. The molecule has 1 heterocycles. The molecule has 1 fully saturated rings. The molecule has 39 heavy (non-hydrogen) atoms. The van der Waals surface area contributed by atoms with Crippen molar-refractivity contribution < 1.29 is 28.7 Å². The highest BCUT2D eigenvalue weighted by atomic mass is 16.5. The third-order valence-electron chi connectivity index (χ3n) is 6.26. The predicted octanol–water partition coefficient (Wildman–Crippen LogP) is 4.13. The summed E-state index contributed by atoms with van der Waals surface area (Å²) in [6, 6.07) is 23.3. The number of amides is 3. The smallest absolute Gasteiger partial charge is 0.311 e. The first kappa shape index (κ1) is 27.4. The SMILES string of the molecule is CC(C)(C)c1ccc(Oc2ccc(N3C[C@H](C(=O)OCC(=O)NNC(=O)c4ccccc4)CC3=O)cc2)cc1. The summed E-state index contributed by atoms with van der Waals surface area (Å²) in [5.41, 5.74) is 6.72. The van der Waals surface area contributed by atoms with Gasteiger partial charge in [0.15, 0.2) is 6.61 Å². The fourth-order valence-corrected chi connectivity index (χ4v) is 4.05. The Kier molecular flexibility index (Phi) is 8.29. The Morgan fingerprint density at radius 1 is 0.872 bits per heavy atom. The summed E-state index contributed by atoms with van der Waals surface area (Å²) in [6.07, 6.45) is -0.0242. The van der Waals surface area contributed by atoms with Crippen LogP contribution >= 0.6 is 0 Å². The van der Waals surface area contributed by atoms with Crippen LogP contribution in [0.25, 0.3) is 0 Å². The van der Waals surface area contributed by atoms with Crippen molar-refractivity contribution >= 4 is 29.4 Å². The number of benzene rings is 3. The zero-order valence-corrected chi connectivity index (χ0v) is 22.1. The van der Waals surface area contributed by atoms with Gasteiger partial charge in [0, 0.05) is 24.2 Å². The number of nitrogens with one attached hydrogen (secondary N) is 2. The van der Waals surface area contributed by atoms with Gasteiger partial charge in [-0.2, -0.15) is 0 Å². The molecule has 0 spiro atoms. The molecule has 2 N–H and O–H groups in total. The summed E-state index contributed by atoms with van der Waals surface area (Å²) >= 11 is 0. The summed E-state index contributed by atoms with van der Waals surface area (Å²) < 4.78 is 11.0. The first-order chi connectivity index (χ1) is 18.6. The second-order valence-electron chi connectivity index (χ2n) is 10.3. The molecule has 0 unspecified atom stereocenters. The van der Waals surface area contributed by atoms with Crippen LogP contribution in [0.3, 0.4) is 0 Å². The van der Waals surface area contributed by atoms with Gasteiger partial charge in [-0.15, -0.1) is 0 Å². The Balaban J connectivity index is 1.25. The maximum Gasteiger partial charge on any atom is 0.311 e. The van der Waals surface area contributed by atoms with Gasteiger partial charge in [0.25, 0.3) is 11.8 Å². The number of carbonyl (C=O) groups excluding carboxylic acids is 4. The van der Waals surface area contributed by atoms with E-state index in [2.05, 4.69) is 31.6 Å². The zero-order chi connectivity index (χ0) is 28.0. The fourth-order valence-electron chi connectivity index (χ4n) is 4.05. The third kappa shape index (κ3) is 7.22. The van der Waals surface area contributed by atoms with Crippen molar-refractivity contribution in [2.24, 2.45) is 5.92 Å². The van der Waals surface area contributed by atoms with Gasteiger partial charge in [-0.05, 0) is 59.5 Å². The molecule has 3 aromatic carbocycles. The van der Waals surface area contributed by atoms with Crippen molar-refractivity contribution in [1.82, 2.24) is 10.9 Å². The number of hydrogen-bond donors (Lipinski definition) is 2. The highest BCUT2D eigenvalue weighted by Gasteiger charge is 2.36. The number of ether oxygens (including phenoxy) is 2. The third-order valence-corrected chi connectivity index (χ3v) is 6.26. The molecule has 202 valence electrons. The number of carbonyl (C=O) groups is 4. The van der Waals surface area contributed by atoms with Crippen molar-refractivity contribution in [2.45, 2.75) is 32.6 Å². The van der Waals surface area contributed by atoms with E-state index in [1.54, 1.807) is 54.6 Å². The topological polar surface area (TPSA) is 114 Å². The van der Waals surface area contributed by atoms with E-state index in [1.807, 2.05) is 24.3 Å². The minimum atomic E-state index is -0.707. The lowest BCUT2D eigenvalue weighted by Crippen LogP contribution is -2.43. The number of anilines is 1. The monoisotopic (exact) mass is 529 g/mol. The molecular weight excluding hydrogens is 498 g/mol. The van der Waals surface area contributed by atoms with Gasteiger partial charge in [-0.25, -0.2) is 0 Å². The van der Waals surface area contributed by atoms with Crippen LogP contribution in [-0.2, 0) is 24.5 Å². The number of hydrogen-bond acceptors (Lipinski definition) is 6. The Bertz CT molecular complexity index is 1330. The van der Waals surface area contributed by atoms with Crippen molar-refractivity contribution in [3.8, 4) is 11.5 Å². The molecule has 0 bridgehead atoms. The van der Waals surface area contributed by atoms with Gasteiger partial charge >= 0.3 is 5.97 Å². The lowest BCUT2D eigenvalue weighted by Gasteiger charge is -2.19. The van der Waals surface area contributed by atoms with Crippen molar-refractivity contribution in [3.05, 3.63) is 90.0 Å². The Labute approximate surface area is 227 Å². The maximum atomic E-state index is 12.6. The van der Waals surface area contributed by atoms with E-state index in [-0.39, 0.29) is 24.3 Å². The van der Waals surface area contributed by atoms with Crippen LogP contribution in [0.15, 0.2) is 78.9 Å². The molecule has 1 aliphatic rings. The summed E-state index contributed by atoms with van der Waals surface area (Å²) in [7, 11) is 0. The van der Waals surface area contributed by atoms with E-state index < -0.39 is 30.3 Å². The standard InChI is InChI=1S/C30H31N3O6/c1-30(2,3)22-9-13-24(14-10-22)39-25-15-11-23(12-16-25)33-18-21(17-27(33)35)29(37)38-19-26(34)31-32-28(36)20-7-5-4-6-8-20/h4-16,21H,17-19H2,1-3H3,(H,31,34)(H,32,36)/t21-/m1/s1. The van der Waals surface area contributed by atoms with Crippen molar-refractivity contribution in [3.63, 3.8) is 0 Å². The van der Waals surface area contributed by atoms with Crippen molar-refractivity contribution in [2.75, 3.05) is 18.1 Å². The molecule has 9 heteroatoms. The molecular formula is C30H31N3O6. The number of rotatable bonds is 7. The van der Waals surface area contributed by atoms with E-state index in [4.69, 9.17) is 9.47 Å². The minimum absolute atomic E-state index is 0.0242. The van der Waals surface area contributed by atoms with Gasteiger partial charge in [0.05, 0.1) is 5.92 Å². The van der Waals surface area contributed by atoms with E-state index in [0.29, 0.717) is 22.7 Å². The van der Waals surface area contributed by atoms with Crippen molar-refractivity contribution in [1.29, 1.82) is 0 Å². The van der Waals surface area contributed by atoms with Crippen LogP contribution in [0.5, 0.6) is 11.5 Å². The average Bonchev–Trinajstić information content (AvgIpc) is 3.32. The second kappa shape index (κ2) is 11.8. The lowest BCUT2D eigenvalue weighted by molar-refractivity contribution is -0.152. The first-order valence-corrected chi connectivity index (χ1v) is 12.6. The van der Waals surface area contributed by atoms with Gasteiger partial charge in [-0.3, -0.25) is 30.0 Å². The molecule has 9 nitrogen and oxygen atoms in total. The second-order valence-corrected chi connectivity index (χ2v) is 10.3. The molecule has 0 aromatic heterocycles. The van der Waals surface area contributed by atoms with E-state index in [1.165, 1.54) is 10.5 Å². The molecule has 1 aliphatic heterocycles. The van der Waals surface area contributed by atoms with Crippen LogP contribution in [0.4, 0.5) is 5.69 Å². The largest absolute Gasteiger partial charge is 0.457 e. The molecule has 0 saturated carbocycles. The van der Waals surface area contributed by atoms with Crippen LogP contribution in [-0.4, -0.2) is 36.8 Å². The van der Waals surface area contributed by atoms with Crippen LogP contribution in [0, 0.1) is 5.92 Å².